The lowest BCUT2D eigenvalue weighted by molar-refractivity contribution is 0.400. The predicted octanol–water partition coefficient (Wildman–Crippen LogP) is 2.02. The molecule has 3 heterocycles. The summed E-state index contributed by atoms with van der Waals surface area (Å²) >= 11 is 0. The van der Waals surface area contributed by atoms with Crippen molar-refractivity contribution in [3.05, 3.63) is 41.7 Å². The zero-order valence-corrected chi connectivity index (χ0v) is 8.44. The van der Waals surface area contributed by atoms with Crippen LogP contribution in [0.2, 0.25) is 0 Å². The molecule has 3 nitrogen and oxygen atoms in total. The normalized spacial score (nSPS) is 24.1. The van der Waals surface area contributed by atoms with Crippen LogP contribution < -0.4 is 10.2 Å². The second-order valence-electron chi connectivity index (χ2n) is 4.18. The lowest BCUT2D eigenvalue weighted by atomic mass is 10.1. The average molecular weight is 197 g/mol. The van der Waals surface area contributed by atoms with Crippen molar-refractivity contribution in [3.63, 3.8) is 0 Å². The number of allylic oxidation sites excluding steroid dienone is 1. The van der Waals surface area contributed by atoms with Gasteiger partial charge in [0.05, 0.1) is 17.1 Å². The van der Waals surface area contributed by atoms with E-state index in [-0.39, 0.29) is 6.29 Å². The highest BCUT2D eigenvalue weighted by Gasteiger charge is 2.39. The molecular weight excluding hydrogens is 186 g/mol. The van der Waals surface area contributed by atoms with Crippen LogP contribution in [0.1, 0.15) is 5.56 Å². The van der Waals surface area contributed by atoms with Gasteiger partial charge in [0.1, 0.15) is 0 Å². The molecule has 0 radical (unpaired) electrons. The van der Waals surface area contributed by atoms with Gasteiger partial charge in [-0.15, -0.1) is 0 Å². The topological polar surface area (TPSA) is 18.5 Å². The molecule has 4 rings (SSSR count). The average Bonchev–Trinajstić information content (AvgIpc) is 2.76. The van der Waals surface area contributed by atoms with E-state index in [1.165, 1.54) is 22.6 Å². The van der Waals surface area contributed by atoms with Gasteiger partial charge in [0, 0.05) is 18.8 Å². The molecule has 3 heteroatoms. The summed E-state index contributed by atoms with van der Waals surface area (Å²) in [6, 6.07) is 6.40. The first-order valence-corrected chi connectivity index (χ1v) is 5.15. The molecule has 0 aliphatic carbocycles. The van der Waals surface area contributed by atoms with Gasteiger partial charge in [-0.1, -0.05) is 18.2 Å². The maximum atomic E-state index is 3.52. The molecule has 1 aromatic rings. The number of hydrogen-bond donors (Lipinski definition) is 1. The fourth-order valence-electron chi connectivity index (χ4n) is 2.60. The highest BCUT2D eigenvalue weighted by Crippen LogP contribution is 2.46. The summed E-state index contributed by atoms with van der Waals surface area (Å²) in [6.45, 7) is 0. The Labute approximate surface area is 88.3 Å². The Kier molecular flexibility index (Phi) is 1.08. The van der Waals surface area contributed by atoms with Gasteiger partial charge in [0.2, 0.25) is 0 Å². The van der Waals surface area contributed by atoms with Crippen molar-refractivity contribution in [2.75, 3.05) is 17.3 Å². The predicted molar refractivity (Wildman–Crippen MR) is 61.2 cm³/mol. The Morgan fingerprint density at radius 1 is 1.27 bits per heavy atom. The summed E-state index contributed by atoms with van der Waals surface area (Å²) in [5.41, 5.74) is 5.13. The number of nitrogens with zero attached hydrogens (tertiary/aromatic N) is 2. The Bertz CT molecular complexity index is 516. The number of nitrogens with one attached hydrogen (secondary N) is 1. The van der Waals surface area contributed by atoms with Gasteiger partial charge < -0.3 is 10.2 Å². The Hall–Kier alpha value is -1.90. The largest absolute Gasteiger partial charge is 0.346 e. The van der Waals surface area contributed by atoms with Gasteiger partial charge in [-0.25, -0.2) is 0 Å². The lowest BCUT2D eigenvalue weighted by Gasteiger charge is -2.26. The zero-order valence-electron chi connectivity index (χ0n) is 8.44. The first-order chi connectivity index (χ1) is 7.34. The van der Waals surface area contributed by atoms with E-state index in [4.69, 9.17) is 0 Å². The molecule has 0 fully saturated rings. The quantitative estimate of drug-likeness (QED) is 0.686. The van der Waals surface area contributed by atoms with Gasteiger partial charge in [-0.05, 0) is 12.1 Å². The van der Waals surface area contributed by atoms with Crippen LogP contribution >= 0.6 is 0 Å². The van der Waals surface area contributed by atoms with Crippen molar-refractivity contribution in [1.29, 1.82) is 0 Å². The van der Waals surface area contributed by atoms with E-state index in [1.54, 1.807) is 0 Å². The van der Waals surface area contributed by atoms with Crippen molar-refractivity contribution in [1.82, 2.24) is 4.90 Å². The van der Waals surface area contributed by atoms with Crippen molar-refractivity contribution >= 4 is 17.5 Å². The van der Waals surface area contributed by atoms with E-state index in [0.29, 0.717) is 0 Å². The summed E-state index contributed by atoms with van der Waals surface area (Å²) in [4.78, 5) is 4.56. The monoisotopic (exact) mass is 197 g/mol. The maximum Gasteiger partial charge on any atom is 0.182 e. The van der Waals surface area contributed by atoms with E-state index < -0.39 is 0 Å². The molecule has 74 valence electrons. The third-order valence-electron chi connectivity index (χ3n) is 3.27. The second kappa shape index (κ2) is 2.19. The van der Waals surface area contributed by atoms with E-state index in [0.717, 1.165) is 0 Å². The number of para-hydroxylation sites is 1. The third-order valence-corrected chi connectivity index (χ3v) is 3.27. The van der Waals surface area contributed by atoms with E-state index in [2.05, 4.69) is 58.7 Å². The SMILES string of the molecule is CN1C=C2C=Cc3cccc4c3N2C1N4. The standard InChI is InChI=1S/C12H11N3/c1-14-7-9-6-5-8-3-2-4-10-11(8)15(9)12(14)13-10/h2-7,12-13H,1H3. The third kappa shape index (κ3) is 0.731. The van der Waals surface area contributed by atoms with Crippen molar-refractivity contribution in [3.8, 4) is 0 Å². The van der Waals surface area contributed by atoms with Crippen LogP contribution in [0, 0.1) is 0 Å². The summed E-state index contributed by atoms with van der Waals surface area (Å²) in [7, 11) is 2.10. The van der Waals surface area contributed by atoms with Crippen LogP contribution in [-0.2, 0) is 0 Å². The molecule has 0 spiro atoms. The summed E-state index contributed by atoms with van der Waals surface area (Å²) in [5, 5.41) is 3.52. The summed E-state index contributed by atoms with van der Waals surface area (Å²) < 4.78 is 0. The minimum Gasteiger partial charge on any atom is -0.346 e. The number of hydrogen-bond acceptors (Lipinski definition) is 3. The molecule has 0 saturated carbocycles. The Morgan fingerprint density at radius 3 is 3.13 bits per heavy atom. The summed E-state index contributed by atoms with van der Waals surface area (Å²) in [5.74, 6) is 0. The maximum absolute atomic E-state index is 3.52. The van der Waals surface area contributed by atoms with Crippen LogP contribution in [0.3, 0.4) is 0 Å². The molecule has 1 unspecified atom stereocenters. The van der Waals surface area contributed by atoms with Crippen molar-refractivity contribution in [2.24, 2.45) is 0 Å². The van der Waals surface area contributed by atoms with Gasteiger partial charge in [0.15, 0.2) is 6.29 Å². The molecule has 3 aliphatic heterocycles. The van der Waals surface area contributed by atoms with Gasteiger partial charge in [-0.3, -0.25) is 4.90 Å². The van der Waals surface area contributed by atoms with Crippen LogP contribution in [0.5, 0.6) is 0 Å². The first kappa shape index (κ1) is 7.40. The molecule has 0 bridgehead atoms. The summed E-state index contributed by atoms with van der Waals surface area (Å²) in [6.07, 6.45) is 6.80. The smallest absolute Gasteiger partial charge is 0.182 e. The lowest BCUT2D eigenvalue weighted by Crippen LogP contribution is -2.39. The molecular formula is C12H11N3. The molecule has 1 N–H and O–H groups in total. The first-order valence-electron chi connectivity index (χ1n) is 5.15. The molecule has 0 saturated heterocycles. The second-order valence-corrected chi connectivity index (χ2v) is 4.18. The van der Waals surface area contributed by atoms with Crippen LogP contribution in [0.15, 0.2) is 36.2 Å². The van der Waals surface area contributed by atoms with Gasteiger partial charge in [-0.2, -0.15) is 0 Å². The van der Waals surface area contributed by atoms with Crippen molar-refractivity contribution in [2.45, 2.75) is 6.29 Å². The van der Waals surface area contributed by atoms with Crippen LogP contribution in [0.25, 0.3) is 6.08 Å². The number of anilines is 2. The van der Waals surface area contributed by atoms with E-state index in [1.807, 2.05) is 0 Å². The van der Waals surface area contributed by atoms with Gasteiger partial charge >= 0.3 is 0 Å². The van der Waals surface area contributed by atoms with Gasteiger partial charge in [0.25, 0.3) is 0 Å². The molecule has 15 heavy (non-hydrogen) atoms. The highest BCUT2D eigenvalue weighted by molar-refractivity contribution is 5.90. The minimum atomic E-state index is 0.265. The van der Waals surface area contributed by atoms with Crippen LogP contribution in [-0.4, -0.2) is 18.2 Å². The molecule has 1 atom stereocenters. The molecule has 0 aromatic heterocycles. The molecule has 0 amide bonds. The molecule has 3 aliphatic rings. The fraction of sp³-hybridized carbons (Fsp3) is 0.167. The van der Waals surface area contributed by atoms with Crippen LogP contribution in [0.4, 0.5) is 11.4 Å². The minimum absolute atomic E-state index is 0.265. The zero-order chi connectivity index (χ0) is 9.99. The highest BCUT2D eigenvalue weighted by atomic mass is 15.5. The molecule has 1 aromatic carbocycles. The fourth-order valence-corrected chi connectivity index (χ4v) is 2.60. The van der Waals surface area contributed by atoms with E-state index in [9.17, 15) is 0 Å². The Balaban J connectivity index is 2.05. The van der Waals surface area contributed by atoms with E-state index >= 15 is 0 Å². The number of rotatable bonds is 0. The number of benzene rings is 1. The van der Waals surface area contributed by atoms with Crippen molar-refractivity contribution < 1.29 is 0 Å². The Morgan fingerprint density at radius 2 is 2.20 bits per heavy atom.